The van der Waals surface area contributed by atoms with Crippen LogP contribution in [0.25, 0.3) is 0 Å². The third kappa shape index (κ3) is 6.29. The number of nitrogens with zero attached hydrogens (tertiary/aromatic N) is 1. The van der Waals surface area contributed by atoms with E-state index >= 15 is 0 Å². The second kappa shape index (κ2) is 9.75. The molecule has 0 spiro atoms. The molecule has 8 heteroatoms. The van der Waals surface area contributed by atoms with Gasteiger partial charge in [0.1, 0.15) is 0 Å². The Morgan fingerprint density at radius 3 is 2.50 bits per heavy atom. The number of hydrogen-bond donors (Lipinski definition) is 1. The van der Waals surface area contributed by atoms with Gasteiger partial charge in [0, 0.05) is 25.8 Å². The van der Waals surface area contributed by atoms with Gasteiger partial charge < -0.3 is 10.2 Å². The van der Waals surface area contributed by atoms with E-state index in [1.807, 2.05) is 29.5 Å². The Labute approximate surface area is 143 Å². The Hall–Kier alpha value is -1.19. The lowest BCUT2D eigenvalue weighted by Crippen LogP contribution is -2.32. The van der Waals surface area contributed by atoms with Gasteiger partial charge in [-0.05, 0) is 18.8 Å². The third-order valence-corrected chi connectivity index (χ3v) is 4.17. The molecule has 1 heterocycles. The summed E-state index contributed by atoms with van der Waals surface area (Å²) in [5.74, 6) is -1.20. The van der Waals surface area contributed by atoms with Crippen LogP contribution in [0.3, 0.4) is 0 Å². The van der Waals surface area contributed by atoms with Gasteiger partial charge in [0.05, 0.1) is 4.43 Å². The molecule has 124 valence electrons. The minimum Gasteiger partial charge on any atom is -0.355 e. The predicted octanol–water partition coefficient (Wildman–Crippen LogP) is 1.34. The van der Waals surface area contributed by atoms with E-state index in [0.29, 0.717) is 28.4 Å². The average molecular weight is 424 g/mol. The van der Waals surface area contributed by atoms with Crippen LogP contribution in [0.1, 0.15) is 45.4 Å². The van der Waals surface area contributed by atoms with E-state index < -0.39 is 17.8 Å². The van der Waals surface area contributed by atoms with Crippen LogP contribution in [0.2, 0.25) is 0 Å². The molecule has 1 aliphatic rings. The highest BCUT2D eigenvalue weighted by Crippen LogP contribution is 2.15. The lowest BCUT2D eigenvalue weighted by molar-refractivity contribution is -0.197. The van der Waals surface area contributed by atoms with E-state index in [9.17, 15) is 19.2 Å². The SMILES string of the molecule is CCC(CCCC(=O)ON1C(=O)CCC1=O)CNC(=O)CI. The summed E-state index contributed by atoms with van der Waals surface area (Å²) in [6, 6.07) is 0. The molecule has 1 N–H and O–H groups in total. The maximum absolute atomic E-state index is 11.6. The van der Waals surface area contributed by atoms with Gasteiger partial charge in [-0.15, -0.1) is 5.06 Å². The van der Waals surface area contributed by atoms with E-state index in [-0.39, 0.29) is 25.2 Å². The molecule has 1 unspecified atom stereocenters. The number of nitrogens with one attached hydrogen (secondary N) is 1. The van der Waals surface area contributed by atoms with Crippen LogP contribution >= 0.6 is 22.6 Å². The van der Waals surface area contributed by atoms with E-state index in [0.717, 1.165) is 12.8 Å². The largest absolute Gasteiger partial charge is 0.355 e. The summed E-state index contributed by atoms with van der Waals surface area (Å²) in [5.41, 5.74) is 0. The number of imide groups is 1. The van der Waals surface area contributed by atoms with Crippen LogP contribution in [-0.2, 0) is 24.0 Å². The normalized spacial score (nSPS) is 15.8. The molecular formula is C14H21IN2O5. The van der Waals surface area contributed by atoms with E-state index in [2.05, 4.69) is 5.32 Å². The second-order valence-corrected chi connectivity index (χ2v) is 5.91. The average Bonchev–Trinajstić information content (AvgIpc) is 2.82. The van der Waals surface area contributed by atoms with Crippen LogP contribution in [-0.4, -0.2) is 39.7 Å². The van der Waals surface area contributed by atoms with Crippen molar-refractivity contribution in [3.05, 3.63) is 0 Å². The molecule has 3 amide bonds. The summed E-state index contributed by atoms with van der Waals surface area (Å²) >= 11 is 2.00. The Morgan fingerprint density at radius 1 is 1.32 bits per heavy atom. The molecular weight excluding hydrogens is 403 g/mol. The van der Waals surface area contributed by atoms with Crippen LogP contribution in [0, 0.1) is 5.92 Å². The fraction of sp³-hybridized carbons (Fsp3) is 0.714. The molecule has 7 nitrogen and oxygen atoms in total. The maximum atomic E-state index is 11.6. The fourth-order valence-electron chi connectivity index (χ4n) is 2.10. The molecule has 0 bridgehead atoms. The summed E-state index contributed by atoms with van der Waals surface area (Å²) in [6.45, 7) is 2.62. The van der Waals surface area contributed by atoms with Crippen molar-refractivity contribution in [3.63, 3.8) is 0 Å². The Morgan fingerprint density at radius 2 is 1.95 bits per heavy atom. The number of rotatable bonds is 9. The summed E-state index contributed by atoms with van der Waals surface area (Å²) < 4.78 is 0.429. The zero-order valence-electron chi connectivity index (χ0n) is 12.6. The van der Waals surface area contributed by atoms with Crippen molar-refractivity contribution < 1.29 is 24.0 Å². The van der Waals surface area contributed by atoms with Crippen molar-refractivity contribution in [1.82, 2.24) is 10.4 Å². The summed E-state index contributed by atoms with van der Waals surface area (Å²) in [7, 11) is 0. The first-order valence-electron chi connectivity index (χ1n) is 7.37. The van der Waals surface area contributed by atoms with Crippen molar-refractivity contribution in [1.29, 1.82) is 0 Å². The van der Waals surface area contributed by atoms with E-state index in [1.54, 1.807) is 0 Å². The zero-order chi connectivity index (χ0) is 16.5. The Kier molecular flexibility index (Phi) is 8.36. The van der Waals surface area contributed by atoms with Gasteiger partial charge in [0.15, 0.2) is 0 Å². The first-order valence-corrected chi connectivity index (χ1v) is 8.89. The molecule has 0 radical (unpaired) electrons. The molecule has 0 aromatic carbocycles. The van der Waals surface area contributed by atoms with E-state index in [1.165, 1.54) is 0 Å². The number of hydrogen-bond acceptors (Lipinski definition) is 5. The van der Waals surface area contributed by atoms with Crippen LogP contribution < -0.4 is 5.32 Å². The first-order chi connectivity index (χ1) is 10.5. The Balaban J connectivity index is 2.24. The fourth-order valence-corrected chi connectivity index (χ4v) is 2.37. The van der Waals surface area contributed by atoms with Crippen LogP contribution in [0.4, 0.5) is 0 Å². The molecule has 1 fully saturated rings. The lowest BCUT2D eigenvalue weighted by Gasteiger charge is -2.16. The van der Waals surface area contributed by atoms with Gasteiger partial charge >= 0.3 is 5.97 Å². The maximum Gasteiger partial charge on any atom is 0.333 e. The predicted molar refractivity (Wildman–Crippen MR) is 86.7 cm³/mol. The number of alkyl halides is 1. The highest BCUT2D eigenvalue weighted by molar-refractivity contribution is 14.1. The highest BCUT2D eigenvalue weighted by atomic mass is 127. The van der Waals surface area contributed by atoms with Gasteiger partial charge in [0.2, 0.25) is 5.91 Å². The molecule has 1 aliphatic heterocycles. The monoisotopic (exact) mass is 424 g/mol. The molecule has 0 aliphatic carbocycles. The number of carbonyl (C=O) groups excluding carboxylic acids is 4. The summed E-state index contributed by atoms with van der Waals surface area (Å²) in [6.07, 6.45) is 2.61. The van der Waals surface area contributed by atoms with Crippen LogP contribution in [0.5, 0.6) is 0 Å². The van der Waals surface area contributed by atoms with E-state index in [4.69, 9.17) is 4.84 Å². The molecule has 0 saturated carbocycles. The van der Waals surface area contributed by atoms with Gasteiger partial charge in [0.25, 0.3) is 11.8 Å². The van der Waals surface area contributed by atoms with Gasteiger partial charge in [-0.1, -0.05) is 35.9 Å². The van der Waals surface area contributed by atoms with Crippen LogP contribution in [0.15, 0.2) is 0 Å². The minimum atomic E-state index is -0.574. The van der Waals surface area contributed by atoms with Crippen molar-refractivity contribution in [2.24, 2.45) is 5.92 Å². The van der Waals surface area contributed by atoms with Crippen molar-refractivity contribution in [2.75, 3.05) is 11.0 Å². The van der Waals surface area contributed by atoms with Crippen molar-refractivity contribution in [2.45, 2.75) is 45.4 Å². The van der Waals surface area contributed by atoms with Crippen molar-refractivity contribution in [3.8, 4) is 0 Å². The number of halogens is 1. The zero-order valence-corrected chi connectivity index (χ0v) is 14.8. The smallest absolute Gasteiger partial charge is 0.333 e. The topological polar surface area (TPSA) is 92.8 Å². The lowest BCUT2D eigenvalue weighted by atomic mass is 9.99. The summed E-state index contributed by atoms with van der Waals surface area (Å²) in [5, 5.41) is 3.40. The van der Waals surface area contributed by atoms with Gasteiger partial charge in [-0.2, -0.15) is 0 Å². The second-order valence-electron chi connectivity index (χ2n) is 5.15. The number of carbonyl (C=O) groups is 4. The highest BCUT2D eigenvalue weighted by Gasteiger charge is 2.32. The Bertz CT molecular complexity index is 425. The third-order valence-electron chi connectivity index (χ3n) is 3.48. The molecule has 0 aromatic heterocycles. The molecule has 1 rings (SSSR count). The summed E-state index contributed by atoms with van der Waals surface area (Å²) in [4.78, 5) is 50.3. The van der Waals surface area contributed by atoms with Gasteiger partial charge in [-0.25, -0.2) is 4.79 Å². The quantitative estimate of drug-likeness (QED) is 0.343. The first kappa shape index (κ1) is 18.9. The van der Waals surface area contributed by atoms with Crippen molar-refractivity contribution >= 4 is 46.3 Å². The van der Waals surface area contributed by atoms with Gasteiger partial charge in [-0.3, -0.25) is 14.4 Å². The number of hydroxylamine groups is 2. The number of amides is 3. The molecule has 0 aromatic rings. The molecule has 1 atom stereocenters. The molecule has 1 saturated heterocycles. The minimum absolute atomic E-state index is 0.00418. The standard InChI is InChI=1S/C14H21IN2O5/c1-2-10(9-16-11(18)8-15)4-3-5-14(21)22-17-12(19)6-7-13(17)20/h10H,2-9H2,1H3,(H,16,18). The molecule has 22 heavy (non-hydrogen) atoms.